The van der Waals surface area contributed by atoms with Crippen LogP contribution in [0.5, 0.6) is 0 Å². The highest BCUT2D eigenvalue weighted by Crippen LogP contribution is 2.26. The van der Waals surface area contributed by atoms with Crippen molar-refractivity contribution in [3.05, 3.63) is 0 Å². The van der Waals surface area contributed by atoms with E-state index in [9.17, 15) is 4.79 Å². The van der Waals surface area contributed by atoms with Crippen molar-refractivity contribution >= 4 is 18.3 Å². The van der Waals surface area contributed by atoms with Crippen molar-refractivity contribution in [3.8, 4) is 0 Å². The Morgan fingerprint density at radius 2 is 1.89 bits per heavy atom. The largest absolute Gasteiger partial charge is 0.340 e. The SMILES string of the molecule is CCN(C(=O)CCC1CCNCC1)C1CCC1.Cl. The van der Waals surface area contributed by atoms with Crippen LogP contribution < -0.4 is 5.32 Å². The third kappa shape index (κ3) is 4.13. The molecule has 1 saturated heterocycles. The smallest absolute Gasteiger partial charge is 0.222 e. The van der Waals surface area contributed by atoms with E-state index in [1.54, 1.807) is 0 Å². The number of carbonyl (C=O) groups is 1. The summed E-state index contributed by atoms with van der Waals surface area (Å²) in [6.45, 7) is 5.29. The van der Waals surface area contributed by atoms with E-state index in [0.717, 1.165) is 38.4 Å². The molecule has 0 aromatic carbocycles. The Kier molecular flexibility index (Phi) is 7.02. The molecule has 1 amide bonds. The number of rotatable bonds is 5. The number of carbonyl (C=O) groups excluding carboxylic acids is 1. The lowest BCUT2D eigenvalue weighted by molar-refractivity contribution is -0.135. The average molecular weight is 275 g/mol. The summed E-state index contributed by atoms with van der Waals surface area (Å²) in [5.41, 5.74) is 0. The Morgan fingerprint density at radius 3 is 2.39 bits per heavy atom. The van der Waals surface area contributed by atoms with Crippen LogP contribution in [0.15, 0.2) is 0 Å². The zero-order chi connectivity index (χ0) is 12.1. The molecule has 2 aliphatic rings. The van der Waals surface area contributed by atoms with Gasteiger partial charge in [-0.1, -0.05) is 0 Å². The molecule has 1 aliphatic carbocycles. The number of piperidine rings is 1. The van der Waals surface area contributed by atoms with E-state index in [-0.39, 0.29) is 12.4 Å². The molecule has 18 heavy (non-hydrogen) atoms. The highest BCUT2D eigenvalue weighted by atomic mass is 35.5. The molecule has 4 heteroatoms. The quantitative estimate of drug-likeness (QED) is 0.836. The predicted molar refractivity (Wildman–Crippen MR) is 77.1 cm³/mol. The summed E-state index contributed by atoms with van der Waals surface area (Å²) in [6.07, 6.45) is 8.15. The van der Waals surface area contributed by atoms with Crippen LogP contribution in [0, 0.1) is 5.92 Å². The lowest BCUT2D eigenvalue weighted by Crippen LogP contribution is -2.44. The number of nitrogens with one attached hydrogen (secondary N) is 1. The fraction of sp³-hybridized carbons (Fsp3) is 0.929. The molecule has 0 aromatic heterocycles. The standard InChI is InChI=1S/C14H26N2O.ClH/c1-2-16(13-4-3-5-13)14(17)7-6-12-8-10-15-11-9-12;/h12-13,15H,2-11H2,1H3;1H. The summed E-state index contributed by atoms with van der Waals surface area (Å²) in [4.78, 5) is 14.3. The second-order valence-electron chi connectivity index (χ2n) is 5.50. The van der Waals surface area contributed by atoms with E-state index in [4.69, 9.17) is 0 Å². The Labute approximate surface area is 117 Å². The van der Waals surface area contributed by atoms with Crippen LogP contribution in [0.25, 0.3) is 0 Å². The van der Waals surface area contributed by atoms with E-state index >= 15 is 0 Å². The van der Waals surface area contributed by atoms with Crippen LogP contribution in [-0.4, -0.2) is 36.5 Å². The minimum Gasteiger partial charge on any atom is -0.340 e. The molecule has 0 radical (unpaired) electrons. The van der Waals surface area contributed by atoms with Gasteiger partial charge in [-0.3, -0.25) is 4.79 Å². The topological polar surface area (TPSA) is 32.3 Å². The summed E-state index contributed by atoms with van der Waals surface area (Å²) < 4.78 is 0. The van der Waals surface area contributed by atoms with Gasteiger partial charge in [0.15, 0.2) is 0 Å². The third-order valence-corrected chi connectivity index (χ3v) is 4.40. The normalized spacial score (nSPS) is 20.9. The number of halogens is 1. The Bertz CT molecular complexity index is 250. The molecule has 1 aliphatic heterocycles. The molecular formula is C14H27ClN2O. The molecule has 2 fully saturated rings. The first-order valence-corrected chi connectivity index (χ1v) is 7.31. The van der Waals surface area contributed by atoms with Gasteiger partial charge in [-0.15, -0.1) is 12.4 Å². The number of nitrogens with zero attached hydrogens (tertiary/aromatic N) is 1. The van der Waals surface area contributed by atoms with Gasteiger partial charge in [0.25, 0.3) is 0 Å². The van der Waals surface area contributed by atoms with Crippen molar-refractivity contribution in [1.29, 1.82) is 0 Å². The fourth-order valence-electron chi connectivity index (χ4n) is 2.98. The van der Waals surface area contributed by atoms with E-state index in [2.05, 4.69) is 17.1 Å². The van der Waals surface area contributed by atoms with Crippen LogP contribution in [0.2, 0.25) is 0 Å². The summed E-state index contributed by atoms with van der Waals surface area (Å²) in [5.74, 6) is 1.18. The predicted octanol–water partition coefficient (Wildman–Crippen LogP) is 2.59. The number of amides is 1. The van der Waals surface area contributed by atoms with Crippen molar-refractivity contribution in [2.75, 3.05) is 19.6 Å². The monoisotopic (exact) mass is 274 g/mol. The van der Waals surface area contributed by atoms with Gasteiger partial charge in [-0.05, 0) is 64.5 Å². The molecular weight excluding hydrogens is 248 g/mol. The summed E-state index contributed by atoms with van der Waals surface area (Å²) in [6, 6.07) is 0.570. The highest BCUT2D eigenvalue weighted by Gasteiger charge is 2.27. The van der Waals surface area contributed by atoms with Gasteiger partial charge >= 0.3 is 0 Å². The Balaban J connectivity index is 0.00000162. The van der Waals surface area contributed by atoms with Crippen LogP contribution in [0.1, 0.15) is 51.9 Å². The molecule has 1 heterocycles. The zero-order valence-electron chi connectivity index (χ0n) is 11.5. The van der Waals surface area contributed by atoms with Crippen LogP contribution in [0.3, 0.4) is 0 Å². The second kappa shape index (κ2) is 8.00. The molecule has 3 nitrogen and oxygen atoms in total. The maximum atomic E-state index is 12.2. The van der Waals surface area contributed by atoms with Crippen LogP contribution >= 0.6 is 12.4 Å². The summed E-state index contributed by atoms with van der Waals surface area (Å²) in [5, 5.41) is 3.38. The van der Waals surface area contributed by atoms with E-state index < -0.39 is 0 Å². The van der Waals surface area contributed by atoms with Crippen LogP contribution in [0.4, 0.5) is 0 Å². The molecule has 0 bridgehead atoms. The van der Waals surface area contributed by atoms with Gasteiger partial charge in [-0.2, -0.15) is 0 Å². The summed E-state index contributed by atoms with van der Waals surface area (Å²) >= 11 is 0. The zero-order valence-corrected chi connectivity index (χ0v) is 12.3. The average Bonchev–Trinajstić information content (AvgIpc) is 2.31. The van der Waals surface area contributed by atoms with Gasteiger partial charge in [0.2, 0.25) is 5.91 Å². The van der Waals surface area contributed by atoms with Crippen molar-refractivity contribution in [3.63, 3.8) is 0 Å². The minimum atomic E-state index is 0. The third-order valence-electron chi connectivity index (χ3n) is 4.40. The van der Waals surface area contributed by atoms with E-state index in [1.807, 2.05) is 0 Å². The number of hydrogen-bond donors (Lipinski definition) is 1. The van der Waals surface area contributed by atoms with Crippen molar-refractivity contribution < 1.29 is 4.79 Å². The molecule has 0 spiro atoms. The lowest BCUT2D eigenvalue weighted by atomic mass is 9.90. The molecule has 2 rings (SSSR count). The minimum absolute atomic E-state index is 0. The number of hydrogen-bond acceptors (Lipinski definition) is 2. The maximum absolute atomic E-state index is 12.2. The van der Waals surface area contributed by atoms with Crippen molar-refractivity contribution in [1.82, 2.24) is 10.2 Å². The Morgan fingerprint density at radius 1 is 1.22 bits per heavy atom. The molecule has 0 unspecified atom stereocenters. The van der Waals surface area contributed by atoms with Gasteiger partial charge in [0.1, 0.15) is 0 Å². The van der Waals surface area contributed by atoms with E-state index in [1.165, 1.54) is 32.1 Å². The van der Waals surface area contributed by atoms with Gasteiger partial charge in [0.05, 0.1) is 0 Å². The van der Waals surface area contributed by atoms with Crippen LogP contribution in [-0.2, 0) is 4.79 Å². The molecule has 0 atom stereocenters. The lowest BCUT2D eigenvalue weighted by Gasteiger charge is -2.37. The van der Waals surface area contributed by atoms with Crippen molar-refractivity contribution in [2.24, 2.45) is 5.92 Å². The van der Waals surface area contributed by atoms with Gasteiger partial charge in [-0.25, -0.2) is 0 Å². The molecule has 1 N–H and O–H groups in total. The Hall–Kier alpha value is -0.280. The van der Waals surface area contributed by atoms with Gasteiger partial charge in [0, 0.05) is 19.0 Å². The first-order chi connectivity index (χ1) is 8.31. The first kappa shape index (κ1) is 15.8. The highest BCUT2D eigenvalue weighted by molar-refractivity contribution is 5.85. The van der Waals surface area contributed by atoms with Gasteiger partial charge < -0.3 is 10.2 Å². The molecule has 1 saturated carbocycles. The maximum Gasteiger partial charge on any atom is 0.222 e. The second-order valence-corrected chi connectivity index (χ2v) is 5.50. The fourth-order valence-corrected chi connectivity index (χ4v) is 2.98. The molecule has 0 aromatic rings. The molecule has 106 valence electrons. The first-order valence-electron chi connectivity index (χ1n) is 7.31. The van der Waals surface area contributed by atoms with E-state index in [0.29, 0.717) is 11.9 Å². The summed E-state index contributed by atoms with van der Waals surface area (Å²) in [7, 11) is 0. The van der Waals surface area contributed by atoms with Crippen molar-refractivity contribution in [2.45, 2.75) is 57.9 Å².